The van der Waals surface area contributed by atoms with E-state index in [1.54, 1.807) is 31.2 Å². The van der Waals surface area contributed by atoms with E-state index < -0.39 is 21.1 Å². The zero-order valence-corrected chi connectivity index (χ0v) is 20.8. The summed E-state index contributed by atoms with van der Waals surface area (Å²) in [4.78, 5) is 8.41. The van der Waals surface area contributed by atoms with E-state index >= 15 is 0 Å². The quantitative estimate of drug-likeness (QED) is 0.266. The van der Waals surface area contributed by atoms with Gasteiger partial charge >= 0.3 is 0 Å². The zero-order chi connectivity index (χ0) is 23.8. The van der Waals surface area contributed by atoms with Gasteiger partial charge in [0, 0.05) is 30.1 Å². The summed E-state index contributed by atoms with van der Waals surface area (Å²) in [6.07, 6.45) is 1.36. The van der Waals surface area contributed by atoms with Crippen LogP contribution in [0.2, 0.25) is 5.02 Å². The number of rotatable bonds is 12. The van der Waals surface area contributed by atoms with Crippen LogP contribution in [-0.4, -0.2) is 57.3 Å². The molecule has 2 N–H and O–H groups in total. The number of hydrogen-bond acceptors (Lipinski definition) is 8. The number of halogens is 3. The van der Waals surface area contributed by atoms with Gasteiger partial charge in [-0.25, -0.2) is 27.5 Å². The lowest BCUT2D eigenvalue weighted by Gasteiger charge is -2.13. The molecule has 1 aromatic heterocycles. The standard InChI is InChI=1S/C21H24ClFN4O5S.ClH/c1-14(11-30-2)33(28,29)26-7-8-31-13-32-16-4-5-17-20(10-16)24-12-25-21(17)27-19-6-3-15(22)9-18(19)23;/h3-6,9-10,12,14,26H,7-8,11,13H2,1-2H3,(H,24,25,27);1H. The minimum absolute atomic E-state index is 0. The number of benzene rings is 2. The maximum Gasteiger partial charge on any atom is 0.216 e. The highest BCUT2D eigenvalue weighted by molar-refractivity contribution is 7.90. The summed E-state index contributed by atoms with van der Waals surface area (Å²) in [5.74, 6) is 0.430. The van der Waals surface area contributed by atoms with Gasteiger partial charge in [0.2, 0.25) is 10.0 Å². The molecule has 1 unspecified atom stereocenters. The fourth-order valence-corrected chi connectivity index (χ4v) is 3.96. The van der Waals surface area contributed by atoms with Gasteiger partial charge in [-0.1, -0.05) is 11.6 Å². The van der Waals surface area contributed by atoms with Crippen molar-refractivity contribution in [2.24, 2.45) is 0 Å². The summed E-state index contributed by atoms with van der Waals surface area (Å²) >= 11 is 5.79. The van der Waals surface area contributed by atoms with Gasteiger partial charge in [-0.2, -0.15) is 0 Å². The summed E-state index contributed by atoms with van der Waals surface area (Å²) in [7, 11) is -2.02. The predicted molar refractivity (Wildman–Crippen MR) is 131 cm³/mol. The van der Waals surface area contributed by atoms with Crippen molar-refractivity contribution in [2.45, 2.75) is 12.2 Å². The van der Waals surface area contributed by atoms with Crippen LogP contribution in [0, 0.1) is 5.82 Å². The predicted octanol–water partition coefficient (Wildman–Crippen LogP) is 3.89. The normalized spacial score (nSPS) is 12.2. The summed E-state index contributed by atoms with van der Waals surface area (Å²) in [5.41, 5.74) is 0.819. The molecule has 9 nitrogen and oxygen atoms in total. The van der Waals surface area contributed by atoms with Crippen LogP contribution in [0.4, 0.5) is 15.9 Å². The van der Waals surface area contributed by atoms with Crippen molar-refractivity contribution in [3.05, 3.63) is 53.6 Å². The minimum Gasteiger partial charge on any atom is -0.467 e. The van der Waals surface area contributed by atoms with Gasteiger partial charge in [0.05, 0.1) is 29.7 Å². The Kier molecular flexibility index (Phi) is 10.7. The van der Waals surface area contributed by atoms with Crippen LogP contribution in [0.1, 0.15) is 6.92 Å². The molecule has 0 aliphatic heterocycles. The number of nitrogens with zero attached hydrogens (tertiary/aromatic N) is 2. The third-order valence-electron chi connectivity index (χ3n) is 4.58. The fourth-order valence-electron chi connectivity index (χ4n) is 2.84. The monoisotopic (exact) mass is 534 g/mol. The molecule has 34 heavy (non-hydrogen) atoms. The second kappa shape index (κ2) is 13.0. The van der Waals surface area contributed by atoms with Crippen molar-refractivity contribution < 1.29 is 27.0 Å². The van der Waals surface area contributed by atoms with Crippen molar-refractivity contribution in [1.29, 1.82) is 0 Å². The lowest BCUT2D eigenvalue weighted by Crippen LogP contribution is -2.37. The van der Waals surface area contributed by atoms with Crippen molar-refractivity contribution in [3.8, 4) is 5.75 Å². The fraction of sp³-hybridized carbons (Fsp3) is 0.333. The molecule has 0 amide bonds. The summed E-state index contributed by atoms with van der Waals surface area (Å²) in [5, 5.41) is 3.25. The smallest absolute Gasteiger partial charge is 0.216 e. The van der Waals surface area contributed by atoms with E-state index in [9.17, 15) is 12.8 Å². The van der Waals surface area contributed by atoms with Gasteiger partial charge in [0.1, 0.15) is 23.7 Å². The number of methoxy groups -OCH3 is 1. The first-order chi connectivity index (χ1) is 15.8. The first-order valence-electron chi connectivity index (χ1n) is 9.95. The topological polar surface area (TPSA) is 112 Å². The molecule has 0 aliphatic carbocycles. The van der Waals surface area contributed by atoms with Gasteiger partial charge in [-0.3, -0.25) is 0 Å². The molecule has 3 aromatic rings. The van der Waals surface area contributed by atoms with Crippen LogP contribution in [0.15, 0.2) is 42.7 Å². The molecule has 0 saturated heterocycles. The van der Waals surface area contributed by atoms with Gasteiger partial charge < -0.3 is 19.5 Å². The molecule has 13 heteroatoms. The van der Waals surface area contributed by atoms with Crippen LogP contribution in [0.25, 0.3) is 10.9 Å². The molecular weight excluding hydrogens is 510 g/mol. The highest BCUT2D eigenvalue weighted by atomic mass is 35.5. The molecule has 1 atom stereocenters. The molecule has 1 heterocycles. The van der Waals surface area contributed by atoms with Crippen LogP contribution in [-0.2, 0) is 19.5 Å². The molecule has 0 spiro atoms. The van der Waals surface area contributed by atoms with Crippen LogP contribution < -0.4 is 14.8 Å². The Morgan fingerprint density at radius 3 is 2.71 bits per heavy atom. The van der Waals surface area contributed by atoms with Gasteiger partial charge in [0.25, 0.3) is 0 Å². The number of fused-ring (bicyclic) bond motifs is 1. The Morgan fingerprint density at radius 2 is 1.97 bits per heavy atom. The van der Waals surface area contributed by atoms with Gasteiger partial charge in [-0.05, 0) is 37.3 Å². The molecule has 0 bridgehead atoms. The summed E-state index contributed by atoms with van der Waals surface area (Å²) < 4.78 is 56.2. The van der Waals surface area contributed by atoms with Crippen LogP contribution >= 0.6 is 24.0 Å². The lowest BCUT2D eigenvalue weighted by molar-refractivity contribution is 0.0184. The van der Waals surface area contributed by atoms with Gasteiger partial charge in [0.15, 0.2) is 6.79 Å². The van der Waals surface area contributed by atoms with E-state index in [1.165, 1.54) is 25.6 Å². The number of sulfonamides is 1. The van der Waals surface area contributed by atoms with Crippen molar-refractivity contribution in [2.75, 3.05) is 39.0 Å². The molecular formula is C21H25Cl2FN4O5S. The lowest BCUT2D eigenvalue weighted by atomic mass is 10.2. The molecule has 0 radical (unpaired) electrons. The highest BCUT2D eigenvalue weighted by Gasteiger charge is 2.19. The Morgan fingerprint density at radius 1 is 1.18 bits per heavy atom. The van der Waals surface area contributed by atoms with E-state index in [0.717, 1.165) is 0 Å². The maximum absolute atomic E-state index is 14.1. The minimum atomic E-state index is -3.46. The second-order valence-corrected chi connectivity index (χ2v) is 9.65. The summed E-state index contributed by atoms with van der Waals surface area (Å²) in [6.45, 7) is 1.84. The summed E-state index contributed by atoms with van der Waals surface area (Å²) in [6, 6.07) is 9.45. The van der Waals surface area contributed by atoms with Crippen LogP contribution in [0.5, 0.6) is 5.75 Å². The third-order valence-corrected chi connectivity index (χ3v) is 6.62. The van der Waals surface area contributed by atoms with E-state index in [2.05, 4.69) is 20.0 Å². The van der Waals surface area contributed by atoms with E-state index in [0.29, 0.717) is 27.5 Å². The number of aromatic nitrogens is 2. The average molecular weight is 535 g/mol. The molecule has 2 aromatic carbocycles. The Labute approximate surface area is 208 Å². The van der Waals surface area contributed by atoms with Crippen molar-refractivity contribution >= 4 is 56.4 Å². The molecule has 3 rings (SSSR count). The molecule has 186 valence electrons. The molecule has 0 aliphatic rings. The Bertz CT molecular complexity index is 1200. The van der Waals surface area contributed by atoms with E-state index in [1.807, 2.05) is 0 Å². The van der Waals surface area contributed by atoms with E-state index in [-0.39, 0.29) is 44.6 Å². The van der Waals surface area contributed by atoms with Gasteiger partial charge in [-0.15, -0.1) is 12.4 Å². The number of nitrogens with one attached hydrogen (secondary N) is 2. The molecule has 0 fully saturated rings. The number of ether oxygens (including phenoxy) is 3. The SMILES string of the molecule is COCC(C)S(=O)(=O)NCCOCOc1ccc2c(Nc3ccc(Cl)cc3F)ncnc2c1.Cl. The number of anilines is 2. The molecule has 0 saturated carbocycles. The van der Waals surface area contributed by atoms with Crippen molar-refractivity contribution in [1.82, 2.24) is 14.7 Å². The maximum atomic E-state index is 14.1. The Hall–Kier alpha value is -2.28. The Balaban J connectivity index is 0.00000408. The number of hydrogen-bond donors (Lipinski definition) is 2. The largest absolute Gasteiger partial charge is 0.467 e. The van der Waals surface area contributed by atoms with Crippen molar-refractivity contribution in [3.63, 3.8) is 0 Å². The zero-order valence-electron chi connectivity index (χ0n) is 18.5. The van der Waals surface area contributed by atoms with Crippen LogP contribution in [0.3, 0.4) is 0 Å². The first kappa shape index (κ1) is 28.0. The average Bonchev–Trinajstić information content (AvgIpc) is 2.78. The first-order valence-corrected chi connectivity index (χ1v) is 11.9. The highest BCUT2D eigenvalue weighted by Crippen LogP contribution is 2.28. The second-order valence-electron chi connectivity index (χ2n) is 7.03. The van der Waals surface area contributed by atoms with E-state index in [4.69, 9.17) is 25.8 Å². The third kappa shape index (κ3) is 7.62.